The maximum Gasteiger partial charge on any atom is 0.253 e. The molecular formula is C12H15ClN2O2. The number of nitrogens with zero attached hydrogens (tertiary/aromatic N) is 1. The van der Waals surface area contributed by atoms with Crippen molar-refractivity contribution in [3.63, 3.8) is 0 Å². The van der Waals surface area contributed by atoms with Crippen molar-refractivity contribution >= 4 is 17.5 Å². The molecule has 17 heavy (non-hydrogen) atoms. The molecule has 1 aromatic heterocycles. The summed E-state index contributed by atoms with van der Waals surface area (Å²) in [6.07, 6.45) is 3.38. The molecule has 0 aliphatic carbocycles. The zero-order chi connectivity index (χ0) is 12.3. The van der Waals surface area contributed by atoms with Crippen molar-refractivity contribution in [2.75, 3.05) is 13.2 Å². The van der Waals surface area contributed by atoms with Crippen molar-refractivity contribution < 1.29 is 9.53 Å². The van der Waals surface area contributed by atoms with Crippen molar-refractivity contribution in [2.45, 2.75) is 25.3 Å². The Morgan fingerprint density at radius 3 is 3.00 bits per heavy atom. The van der Waals surface area contributed by atoms with Gasteiger partial charge < -0.3 is 10.1 Å². The van der Waals surface area contributed by atoms with E-state index in [2.05, 4.69) is 10.3 Å². The normalized spacial score (nSPS) is 24.4. The lowest BCUT2D eigenvalue weighted by molar-refractivity contribution is 0.0272. The average Bonchev–Trinajstić information content (AvgIpc) is 2.30. The molecule has 1 atom stereocenters. The van der Waals surface area contributed by atoms with Gasteiger partial charge in [0.05, 0.1) is 17.7 Å². The van der Waals surface area contributed by atoms with Crippen LogP contribution in [-0.2, 0) is 4.74 Å². The van der Waals surface area contributed by atoms with Gasteiger partial charge in [-0.1, -0.05) is 11.6 Å². The summed E-state index contributed by atoms with van der Waals surface area (Å²) in [4.78, 5) is 15.9. The van der Waals surface area contributed by atoms with Crippen LogP contribution in [0.5, 0.6) is 0 Å². The third-order valence-corrected chi connectivity index (χ3v) is 3.07. The van der Waals surface area contributed by atoms with Gasteiger partial charge in [-0.05, 0) is 31.9 Å². The number of halogens is 1. The maximum absolute atomic E-state index is 12.0. The molecule has 1 N–H and O–H groups in total. The van der Waals surface area contributed by atoms with Crippen LogP contribution in [0.1, 0.15) is 30.1 Å². The second kappa shape index (κ2) is 5.02. The van der Waals surface area contributed by atoms with E-state index >= 15 is 0 Å². The molecule has 0 radical (unpaired) electrons. The van der Waals surface area contributed by atoms with E-state index in [1.165, 1.54) is 6.20 Å². The molecule has 2 heterocycles. The first-order chi connectivity index (χ1) is 8.09. The maximum atomic E-state index is 12.0. The SMILES string of the molecule is CC1(NC(=O)c2ccc(Cl)nc2)CCCOC1. The van der Waals surface area contributed by atoms with E-state index in [1.807, 2.05) is 6.92 Å². The lowest BCUT2D eigenvalue weighted by Gasteiger charge is -2.34. The van der Waals surface area contributed by atoms with Crippen LogP contribution in [0.25, 0.3) is 0 Å². The topological polar surface area (TPSA) is 51.2 Å². The van der Waals surface area contributed by atoms with Crippen molar-refractivity contribution in [3.05, 3.63) is 29.0 Å². The van der Waals surface area contributed by atoms with E-state index in [0.717, 1.165) is 19.4 Å². The van der Waals surface area contributed by atoms with E-state index in [1.54, 1.807) is 12.1 Å². The van der Waals surface area contributed by atoms with Gasteiger partial charge in [-0.3, -0.25) is 4.79 Å². The van der Waals surface area contributed by atoms with Gasteiger partial charge in [-0.25, -0.2) is 4.98 Å². The number of ether oxygens (including phenoxy) is 1. The van der Waals surface area contributed by atoms with Crippen LogP contribution in [0, 0.1) is 0 Å². The Labute approximate surface area is 105 Å². The van der Waals surface area contributed by atoms with E-state index < -0.39 is 0 Å². The Kier molecular flexibility index (Phi) is 3.64. The average molecular weight is 255 g/mol. The highest BCUT2D eigenvalue weighted by molar-refractivity contribution is 6.29. The summed E-state index contributed by atoms with van der Waals surface area (Å²) in [6.45, 7) is 3.32. The number of rotatable bonds is 2. The van der Waals surface area contributed by atoms with Crippen LogP contribution in [0.2, 0.25) is 5.15 Å². The summed E-state index contributed by atoms with van der Waals surface area (Å²) in [5.41, 5.74) is 0.232. The Bertz CT molecular complexity index is 399. The minimum absolute atomic E-state index is 0.137. The van der Waals surface area contributed by atoms with Gasteiger partial charge in [-0.2, -0.15) is 0 Å². The highest BCUT2D eigenvalue weighted by Crippen LogP contribution is 2.19. The van der Waals surface area contributed by atoms with Crippen molar-refractivity contribution in [2.24, 2.45) is 0 Å². The van der Waals surface area contributed by atoms with Crippen molar-refractivity contribution in [1.82, 2.24) is 10.3 Å². The summed E-state index contributed by atoms with van der Waals surface area (Å²) < 4.78 is 5.39. The number of carbonyl (C=O) groups is 1. The number of aromatic nitrogens is 1. The van der Waals surface area contributed by atoms with Gasteiger partial charge in [0.1, 0.15) is 5.15 Å². The molecule has 5 heteroatoms. The largest absolute Gasteiger partial charge is 0.379 e. The molecule has 1 saturated heterocycles. The molecule has 1 unspecified atom stereocenters. The monoisotopic (exact) mass is 254 g/mol. The van der Waals surface area contributed by atoms with E-state index in [0.29, 0.717) is 17.3 Å². The molecule has 2 rings (SSSR count). The Morgan fingerprint density at radius 1 is 1.59 bits per heavy atom. The van der Waals surface area contributed by atoms with Gasteiger partial charge >= 0.3 is 0 Å². The molecule has 0 spiro atoms. The van der Waals surface area contributed by atoms with Gasteiger partial charge in [0, 0.05) is 12.8 Å². The minimum Gasteiger partial charge on any atom is -0.379 e. The molecule has 1 aliphatic rings. The summed E-state index contributed by atoms with van der Waals surface area (Å²) in [5.74, 6) is -0.137. The first-order valence-electron chi connectivity index (χ1n) is 5.61. The van der Waals surface area contributed by atoms with Crippen molar-refractivity contribution in [3.8, 4) is 0 Å². The number of nitrogens with one attached hydrogen (secondary N) is 1. The second-order valence-electron chi connectivity index (χ2n) is 4.54. The van der Waals surface area contributed by atoms with Gasteiger partial charge in [0.2, 0.25) is 0 Å². The zero-order valence-electron chi connectivity index (χ0n) is 9.70. The Hall–Kier alpha value is -1.13. The van der Waals surface area contributed by atoms with Gasteiger partial charge in [0.15, 0.2) is 0 Å². The number of pyridine rings is 1. The third-order valence-electron chi connectivity index (χ3n) is 2.84. The van der Waals surface area contributed by atoms with Crippen LogP contribution >= 0.6 is 11.6 Å². The summed E-state index contributed by atoms with van der Waals surface area (Å²) in [6, 6.07) is 3.27. The Morgan fingerprint density at radius 2 is 2.41 bits per heavy atom. The third kappa shape index (κ3) is 3.17. The predicted octanol–water partition coefficient (Wildman–Crippen LogP) is 2.03. The molecule has 1 aliphatic heterocycles. The molecule has 0 aromatic carbocycles. The fourth-order valence-electron chi connectivity index (χ4n) is 1.89. The van der Waals surface area contributed by atoms with Gasteiger partial charge in [0.25, 0.3) is 5.91 Å². The number of amides is 1. The molecule has 0 bridgehead atoms. The zero-order valence-corrected chi connectivity index (χ0v) is 10.5. The lowest BCUT2D eigenvalue weighted by Crippen LogP contribution is -2.51. The van der Waals surface area contributed by atoms with Crippen LogP contribution in [-0.4, -0.2) is 29.6 Å². The smallest absolute Gasteiger partial charge is 0.253 e. The van der Waals surface area contributed by atoms with E-state index in [9.17, 15) is 4.79 Å². The molecule has 4 nitrogen and oxygen atoms in total. The molecule has 1 fully saturated rings. The van der Waals surface area contributed by atoms with Crippen LogP contribution in [0.4, 0.5) is 0 Å². The number of carbonyl (C=O) groups excluding carboxylic acids is 1. The Balaban J connectivity index is 2.03. The van der Waals surface area contributed by atoms with E-state index in [4.69, 9.17) is 16.3 Å². The first-order valence-corrected chi connectivity index (χ1v) is 5.99. The highest BCUT2D eigenvalue weighted by Gasteiger charge is 2.29. The molecule has 1 amide bonds. The molecular weight excluding hydrogens is 240 g/mol. The standard InChI is InChI=1S/C12H15ClN2O2/c1-12(5-2-6-17-8-12)15-11(16)9-3-4-10(13)14-7-9/h3-4,7H,2,5-6,8H2,1H3,(H,15,16). The molecule has 0 saturated carbocycles. The predicted molar refractivity (Wildman–Crippen MR) is 65.2 cm³/mol. The second-order valence-corrected chi connectivity index (χ2v) is 4.93. The minimum atomic E-state index is -0.283. The van der Waals surface area contributed by atoms with Crippen molar-refractivity contribution in [1.29, 1.82) is 0 Å². The summed E-state index contributed by atoms with van der Waals surface area (Å²) in [7, 11) is 0. The quantitative estimate of drug-likeness (QED) is 0.822. The van der Waals surface area contributed by atoms with Crippen LogP contribution in [0.15, 0.2) is 18.3 Å². The molecule has 1 aromatic rings. The number of hydrogen-bond donors (Lipinski definition) is 1. The fraction of sp³-hybridized carbons (Fsp3) is 0.500. The molecule has 92 valence electrons. The van der Waals surface area contributed by atoms with Gasteiger partial charge in [-0.15, -0.1) is 0 Å². The van der Waals surface area contributed by atoms with Crippen LogP contribution < -0.4 is 5.32 Å². The van der Waals surface area contributed by atoms with Crippen LogP contribution in [0.3, 0.4) is 0 Å². The summed E-state index contributed by atoms with van der Waals surface area (Å²) >= 11 is 5.67. The highest BCUT2D eigenvalue weighted by atomic mass is 35.5. The number of hydrogen-bond acceptors (Lipinski definition) is 3. The fourth-order valence-corrected chi connectivity index (χ4v) is 2.00. The lowest BCUT2D eigenvalue weighted by atomic mass is 9.94. The first kappa shape index (κ1) is 12.3. The summed E-state index contributed by atoms with van der Waals surface area (Å²) in [5, 5.41) is 3.37. The van der Waals surface area contributed by atoms with E-state index in [-0.39, 0.29) is 11.4 Å².